The van der Waals surface area contributed by atoms with Gasteiger partial charge in [-0.25, -0.2) is 4.79 Å². The lowest BCUT2D eigenvalue weighted by atomic mass is 10.0. The van der Waals surface area contributed by atoms with Crippen LogP contribution in [0.4, 0.5) is 5.69 Å². The maximum atomic E-state index is 11.8. The van der Waals surface area contributed by atoms with Crippen LogP contribution in [-0.2, 0) is 4.74 Å². The lowest BCUT2D eigenvalue weighted by Gasteiger charge is -2.09. The number of ether oxygens (including phenoxy) is 1. The Balaban J connectivity index is 1.96. The highest BCUT2D eigenvalue weighted by molar-refractivity contribution is 5.90. The second-order valence-corrected chi connectivity index (χ2v) is 8.75. The third-order valence-corrected chi connectivity index (χ3v) is 5.37. The van der Waals surface area contributed by atoms with Crippen molar-refractivity contribution >= 4 is 11.7 Å². The van der Waals surface area contributed by atoms with Crippen LogP contribution in [0.1, 0.15) is 108 Å². The third-order valence-electron chi connectivity index (χ3n) is 5.37. The summed E-state index contributed by atoms with van der Waals surface area (Å²) in [7, 11) is 0. The molecule has 0 bridgehead atoms. The number of anilines is 1. The molecule has 0 fully saturated rings. The van der Waals surface area contributed by atoms with Crippen LogP contribution in [0.25, 0.3) is 0 Å². The Morgan fingerprint density at radius 1 is 0.867 bits per heavy atom. The summed E-state index contributed by atoms with van der Waals surface area (Å²) in [5.41, 5.74) is 1.48. The Bertz CT molecular complexity index is 604. The highest BCUT2D eigenvalue weighted by Crippen LogP contribution is 2.15. The number of nitriles is 1. The summed E-state index contributed by atoms with van der Waals surface area (Å²) in [4.78, 5) is 11.8. The molecule has 0 amide bonds. The molecule has 0 saturated carbocycles. The number of unbranched alkanes of at least 4 members (excludes halogenated alkanes) is 10. The lowest BCUT2D eigenvalue weighted by Crippen LogP contribution is -2.13. The van der Waals surface area contributed by atoms with Gasteiger partial charge in [0.25, 0.3) is 0 Å². The molecule has 0 radical (unpaired) electrons. The second kappa shape index (κ2) is 16.7. The minimum atomic E-state index is -0.727. The van der Waals surface area contributed by atoms with Crippen molar-refractivity contribution in [1.29, 1.82) is 5.26 Å². The number of hydrogen-bond acceptors (Lipinski definition) is 4. The molecule has 30 heavy (non-hydrogen) atoms. The smallest absolute Gasteiger partial charge is 0.339 e. The molecule has 0 spiro atoms. The van der Waals surface area contributed by atoms with Gasteiger partial charge in [-0.05, 0) is 43.5 Å². The fourth-order valence-corrected chi connectivity index (χ4v) is 3.48. The van der Waals surface area contributed by atoms with Gasteiger partial charge in [-0.3, -0.25) is 0 Å². The van der Waals surface area contributed by atoms with Crippen molar-refractivity contribution < 1.29 is 9.53 Å². The number of nitrogens with zero attached hydrogens (tertiary/aromatic N) is 1. The number of hydrogen-bond donors (Lipinski definition) is 1. The number of carbonyl (C=O) groups excluding carboxylic acids is 1. The molecule has 1 unspecified atom stereocenters. The molecule has 1 aromatic carbocycles. The molecule has 4 heteroatoms. The molecule has 1 rings (SSSR count). The molecular weight excluding hydrogens is 372 g/mol. The molecule has 0 heterocycles. The molecule has 1 atom stereocenters. The predicted octanol–water partition coefficient (Wildman–Crippen LogP) is 7.50. The minimum Gasteiger partial charge on any atom is -0.444 e. The number of benzene rings is 1. The van der Waals surface area contributed by atoms with E-state index in [1.807, 2.05) is 18.2 Å². The van der Waals surface area contributed by atoms with Gasteiger partial charge in [-0.1, -0.05) is 84.5 Å². The van der Waals surface area contributed by atoms with Crippen LogP contribution in [0.3, 0.4) is 0 Å². The Labute approximate surface area is 184 Å². The standard InChI is InChI=1S/C26H42N2O2/c1-22(2)15-13-11-9-7-5-4-6-8-10-12-14-20-28-25-18-16-24(17-19-25)26(29)30-23(3)21-27/h16-19,22-23,28H,4-15,20H2,1-3H3. The first-order chi connectivity index (χ1) is 14.5. The molecule has 0 aliphatic carbocycles. The van der Waals surface area contributed by atoms with Crippen molar-refractivity contribution in [2.24, 2.45) is 5.92 Å². The molecule has 0 aliphatic rings. The van der Waals surface area contributed by atoms with E-state index in [0.717, 1.165) is 18.2 Å². The van der Waals surface area contributed by atoms with Crippen molar-refractivity contribution in [3.8, 4) is 6.07 Å². The van der Waals surface area contributed by atoms with Gasteiger partial charge in [0.1, 0.15) is 6.07 Å². The third kappa shape index (κ3) is 13.2. The van der Waals surface area contributed by atoms with Crippen LogP contribution in [-0.4, -0.2) is 18.6 Å². The van der Waals surface area contributed by atoms with Crippen LogP contribution < -0.4 is 5.32 Å². The largest absolute Gasteiger partial charge is 0.444 e. The summed E-state index contributed by atoms with van der Waals surface area (Å²) in [6, 6.07) is 9.13. The molecule has 4 nitrogen and oxygen atoms in total. The fourth-order valence-electron chi connectivity index (χ4n) is 3.48. The summed E-state index contributed by atoms with van der Waals surface area (Å²) in [5, 5.41) is 12.1. The van der Waals surface area contributed by atoms with E-state index in [-0.39, 0.29) is 0 Å². The molecule has 1 N–H and O–H groups in total. The first kappa shape index (κ1) is 26.0. The van der Waals surface area contributed by atoms with E-state index in [1.54, 1.807) is 19.1 Å². The van der Waals surface area contributed by atoms with Gasteiger partial charge in [0.2, 0.25) is 0 Å². The van der Waals surface area contributed by atoms with Crippen molar-refractivity contribution in [3.05, 3.63) is 29.8 Å². The summed E-state index contributed by atoms with van der Waals surface area (Å²) >= 11 is 0. The highest BCUT2D eigenvalue weighted by atomic mass is 16.5. The zero-order valence-electron chi connectivity index (χ0n) is 19.4. The topological polar surface area (TPSA) is 62.1 Å². The molecule has 0 aromatic heterocycles. The summed E-state index contributed by atoms with van der Waals surface area (Å²) in [6.45, 7) is 7.14. The number of nitrogens with one attached hydrogen (secondary N) is 1. The van der Waals surface area contributed by atoms with Crippen LogP contribution in [0, 0.1) is 17.2 Å². The summed E-state index contributed by atoms with van der Waals surface area (Å²) < 4.78 is 5.00. The zero-order chi connectivity index (χ0) is 22.0. The first-order valence-corrected chi connectivity index (χ1v) is 12.0. The van der Waals surface area contributed by atoms with Crippen LogP contribution in [0.2, 0.25) is 0 Å². The van der Waals surface area contributed by atoms with Crippen molar-refractivity contribution in [2.45, 2.75) is 104 Å². The molecule has 1 aromatic rings. The van der Waals surface area contributed by atoms with Gasteiger partial charge in [-0.2, -0.15) is 5.26 Å². The second-order valence-electron chi connectivity index (χ2n) is 8.75. The van der Waals surface area contributed by atoms with Crippen LogP contribution in [0.5, 0.6) is 0 Å². The van der Waals surface area contributed by atoms with Gasteiger partial charge in [0.15, 0.2) is 6.10 Å². The number of carbonyl (C=O) groups is 1. The van der Waals surface area contributed by atoms with Gasteiger partial charge < -0.3 is 10.1 Å². The Morgan fingerprint density at radius 2 is 1.37 bits per heavy atom. The minimum absolute atomic E-state index is 0.457. The van der Waals surface area contributed by atoms with Crippen LogP contribution >= 0.6 is 0 Å². The van der Waals surface area contributed by atoms with E-state index in [1.165, 1.54) is 77.0 Å². The predicted molar refractivity (Wildman–Crippen MR) is 126 cm³/mol. The van der Waals surface area contributed by atoms with Crippen molar-refractivity contribution in [1.82, 2.24) is 0 Å². The molecule has 0 saturated heterocycles. The van der Waals surface area contributed by atoms with Gasteiger partial charge in [-0.15, -0.1) is 0 Å². The van der Waals surface area contributed by atoms with E-state index < -0.39 is 12.1 Å². The van der Waals surface area contributed by atoms with Gasteiger partial charge in [0.05, 0.1) is 5.56 Å². The van der Waals surface area contributed by atoms with Crippen molar-refractivity contribution in [2.75, 3.05) is 11.9 Å². The monoisotopic (exact) mass is 414 g/mol. The summed E-state index contributed by atoms with van der Waals surface area (Å²) in [5.74, 6) is 0.401. The van der Waals surface area contributed by atoms with Crippen molar-refractivity contribution in [3.63, 3.8) is 0 Å². The maximum Gasteiger partial charge on any atom is 0.339 e. The quantitative estimate of drug-likeness (QED) is 0.212. The van der Waals surface area contributed by atoms with Gasteiger partial charge in [0, 0.05) is 12.2 Å². The lowest BCUT2D eigenvalue weighted by molar-refractivity contribution is 0.0435. The Kier molecular flexibility index (Phi) is 14.5. The normalized spacial score (nSPS) is 11.8. The number of rotatable bonds is 17. The molecule has 168 valence electrons. The van der Waals surface area contributed by atoms with Gasteiger partial charge >= 0.3 is 5.97 Å². The first-order valence-electron chi connectivity index (χ1n) is 12.0. The van der Waals surface area contributed by atoms with E-state index in [9.17, 15) is 4.79 Å². The SMILES string of the molecule is CC(C)CCCCCCCCCCCCCNc1ccc(C(=O)OC(C)C#N)cc1. The average Bonchev–Trinajstić information content (AvgIpc) is 2.74. The van der Waals surface area contributed by atoms with Crippen LogP contribution in [0.15, 0.2) is 24.3 Å². The van der Waals surface area contributed by atoms with E-state index in [2.05, 4.69) is 19.2 Å². The Morgan fingerprint density at radius 3 is 1.87 bits per heavy atom. The molecular formula is C26H42N2O2. The van der Waals surface area contributed by atoms with E-state index in [0.29, 0.717) is 5.56 Å². The summed E-state index contributed by atoms with van der Waals surface area (Å²) in [6.07, 6.45) is 15.6. The fraction of sp³-hybridized carbons (Fsp3) is 0.692. The molecule has 0 aliphatic heterocycles. The van der Waals surface area contributed by atoms with E-state index in [4.69, 9.17) is 10.00 Å². The maximum absolute atomic E-state index is 11.8. The Hall–Kier alpha value is -2.02. The average molecular weight is 415 g/mol. The zero-order valence-corrected chi connectivity index (χ0v) is 19.4. The highest BCUT2D eigenvalue weighted by Gasteiger charge is 2.10. The number of esters is 1. The van der Waals surface area contributed by atoms with E-state index >= 15 is 0 Å².